The first-order chi connectivity index (χ1) is 8.17. The van der Waals surface area contributed by atoms with Crippen LogP contribution in [0.3, 0.4) is 0 Å². The van der Waals surface area contributed by atoms with Crippen molar-refractivity contribution in [2.75, 3.05) is 14.1 Å². The summed E-state index contributed by atoms with van der Waals surface area (Å²) in [6.45, 7) is 16.4. The van der Waals surface area contributed by atoms with Crippen molar-refractivity contribution in [3.8, 4) is 0 Å². The third-order valence-corrected chi connectivity index (χ3v) is 1.37. The highest BCUT2D eigenvalue weighted by Crippen LogP contribution is 2.03. The Labute approximate surface area is 107 Å². The number of H-pyrrole nitrogens is 1. The lowest BCUT2D eigenvalue weighted by Crippen LogP contribution is -1.89. The molecule has 0 aliphatic carbocycles. The molecule has 0 spiro atoms. The van der Waals surface area contributed by atoms with Crippen LogP contribution in [0.1, 0.15) is 25.1 Å². The Morgan fingerprint density at radius 2 is 1.53 bits per heavy atom. The summed E-state index contributed by atoms with van der Waals surface area (Å²) in [5.74, 6) is 0. The molecule has 0 saturated heterocycles. The molecule has 0 radical (unpaired) electrons. The van der Waals surface area contributed by atoms with Crippen molar-refractivity contribution in [2.45, 2.75) is 20.8 Å². The fourth-order valence-corrected chi connectivity index (χ4v) is 0.680. The number of hydrogen-bond donors (Lipinski definition) is 2. The summed E-state index contributed by atoms with van der Waals surface area (Å²) in [4.78, 5) is 3.04. The van der Waals surface area contributed by atoms with Crippen LogP contribution in [0.4, 0.5) is 0 Å². The van der Waals surface area contributed by atoms with E-state index in [1.54, 1.807) is 12.2 Å². The maximum absolute atomic E-state index is 3.63. The van der Waals surface area contributed by atoms with Crippen LogP contribution in [-0.2, 0) is 0 Å². The van der Waals surface area contributed by atoms with Crippen molar-refractivity contribution in [1.29, 1.82) is 0 Å². The van der Waals surface area contributed by atoms with E-state index in [0.717, 1.165) is 5.69 Å². The molecule has 98 valence electrons. The molecule has 2 nitrogen and oxygen atoms in total. The zero-order valence-corrected chi connectivity index (χ0v) is 12.0. The standard InChI is InChI=1S/C7H9N.C4H6.C2H7N.C2H6/c1-3-7-6(2)4-5-8-7;1-3-4-2;1-3-2;1-2/h3-5,8H,1H2,2H3;3-4H,1-2H2;3H,1-2H3;1-2H3. The topological polar surface area (TPSA) is 27.8 Å². The molecule has 1 heterocycles. The monoisotopic (exact) mass is 236 g/mol. The van der Waals surface area contributed by atoms with E-state index in [2.05, 4.69) is 30.0 Å². The maximum atomic E-state index is 3.63. The normalized spacial score (nSPS) is 6.88. The second-order valence-electron chi connectivity index (χ2n) is 2.75. The van der Waals surface area contributed by atoms with Crippen LogP contribution in [0.5, 0.6) is 0 Å². The van der Waals surface area contributed by atoms with E-state index in [1.807, 2.05) is 53.2 Å². The van der Waals surface area contributed by atoms with Gasteiger partial charge in [0.05, 0.1) is 0 Å². The number of hydrogen-bond acceptors (Lipinski definition) is 1. The van der Waals surface area contributed by atoms with Crippen LogP contribution >= 0.6 is 0 Å². The van der Waals surface area contributed by atoms with E-state index < -0.39 is 0 Å². The average Bonchev–Trinajstić information content (AvgIpc) is 2.78. The Morgan fingerprint density at radius 1 is 1.12 bits per heavy atom. The minimum absolute atomic E-state index is 1.12. The minimum Gasteiger partial charge on any atom is -0.361 e. The summed E-state index contributed by atoms with van der Waals surface area (Å²) in [7, 11) is 3.75. The van der Waals surface area contributed by atoms with Crippen molar-refractivity contribution in [1.82, 2.24) is 10.3 Å². The highest BCUT2D eigenvalue weighted by atomic mass is 14.7. The van der Waals surface area contributed by atoms with Gasteiger partial charge in [-0.15, -0.1) is 0 Å². The first-order valence-corrected chi connectivity index (χ1v) is 5.76. The van der Waals surface area contributed by atoms with Crippen molar-refractivity contribution in [2.24, 2.45) is 0 Å². The molecule has 0 bridgehead atoms. The Kier molecular flexibility index (Phi) is 24.4. The van der Waals surface area contributed by atoms with E-state index in [9.17, 15) is 0 Å². The zero-order chi connectivity index (χ0) is 14.1. The molecular weight excluding hydrogens is 208 g/mol. The molecule has 0 fully saturated rings. The number of aromatic nitrogens is 1. The van der Waals surface area contributed by atoms with Crippen LogP contribution in [0.25, 0.3) is 6.08 Å². The van der Waals surface area contributed by atoms with Gasteiger partial charge in [0.25, 0.3) is 0 Å². The molecule has 0 amide bonds. The SMILES string of the molecule is C=CC=C.C=Cc1[nH]ccc1C.CC.CNC. The van der Waals surface area contributed by atoms with E-state index in [1.165, 1.54) is 5.56 Å². The van der Waals surface area contributed by atoms with Crippen molar-refractivity contribution in [3.63, 3.8) is 0 Å². The molecule has 0 atom stereocenters. The molecule has 2 heteroatoms. The molecule has 1 aromatic rings. The maximum Gasteiger partial charge on any atom is 0.0404 e. The van der Waals surface area contributed by atoms with Crippen molar-refractivity contribution >= 4 is 6.08 Å². The Hall–Kier alpha value is -1.54. The Morgan fingerprint density at radius 3 is 1.65 bits per heavy atom. The third kappa shape index (κ3) is 17.1. The second-order valence-corrected chi connectivity index (χ2v) is 2.75. The van der Waals surface area contributed by atoms with Gasteiger partial charge < -0.3 is 10.3 Å². The molecule has 0 aliphatic heterocycles. The summed E-state index contributed by atoms with van der Waals surface area (Å²) in [5, 5.41) is 2.75. The summed E-state index contributed by atoms with van der Waals surface area (Å²) in [6.07, 6.45) is 7.00. The van der Waals surface area contributed by atoms with Gasteiger partial charge in [0.1, 0.15) is 0 Å². The highest BCUT2D eigenvalue weighted by Gasteiger charge is 1.88. The van der Waals surface area contributed by atoms with Crippen LogP contribution in [-0.4, -0.2) is 19.1 Å². The lowest BCUT2D eigenvalue weighted by Gasteiger charge is -1.84. The molecule has 17 heavy (non-hydrogen) atoms. The lowest BCUT2D eigenvalue weighted by molar-refractivity contribution is 1.02. The number of aromatic amines is 1. The first-order valence-electron chi connectivity index (χ1n) is 5.76. The molecule has 0 unspecified atom stereocenters. The van der Waals surface area contributed by atoms with Gasteiger partial charge in [-0.25, -0.2) is 0 Å². The quantitative estimate of drug-likeness (QED) is 0.740. The molecular formula is C15H28N2. The van der Waals surface area contributed by atoms with Crippen molar-refractivity contribution in [3.05, 3.63) is 55.4 Å². The molecule has 0 aliphatic rings. The molecule has 1 aromatic heterocycles. The predicted molar refractivity (Wildman–Crippen MR) is 82.3 cm³/mol. The predicted octanol–water partition coefficient (Wildman–Crippen LogP) is 4.19. The van der Waals surface area contributed by atoms with Crippen molar-refractivity contribution < 1.29 is 0 Å². The second kappa shape index (κ2) is 19.9. The van der Waals surface area contributed by atoms with Gasteiger partial charge in [-0.05, 0) is 38.7 Å². The van der Waals surface area contributed by atoms with Crippen LogP contribution in [0.2, 0.25) is 0 Å². The summed E-state index contributed by atoms with van der Waals surface area (Å²) >= 11 is 0. The van der Waals surface area contributed by atoms with Gasteiger partial charge in [0, 0.05) is 11.9 Å². The van der Waals surface area contributed by atoms with Gasteiger partial charge in [0.2, 0.25) is 0 Å². The fourth-order valence-electron chi connectivity index (χ4n) is 0.680. The zero-order valence-electron chi connectivity index (χ0n) is 12.0. The Bertz CT molecular complexity index is 266. The summed E-state index contributed by atoms with van der Waals surface area (Å²) < 4.78 is 0. The van der Waals surface area contributed by atoms with Gasteiger partial charge >= 0.3 is 0 Å². The average molecular weight is 236 g/mol. The molecule has 1 rings (SSSR count). The number of allylic oxidation sites excluding steroid dienone is 2. The van der Waals surface area contributed by atoms with E-state index in [0.29, 0.717) is 0 Å². The molecule has 0 aromatic carbocycles. The smallest absolute Gasteiger partial charge is 0.0404 e. The number of rotatable bonds is 2. The van der Waals surface area contributed by atoms with Gasteiger partial charge in [-0.2, -0.15) is 0 Å². The largest absolute Gasteiger partial charge is 0.361 e. The Balaban J connectivity index is -0.000000186. The van der Waals surface area contributed by atoms with Gasteiger partial charge in [-0.1, -0.05) is 45.7 Å². The van der Waals surface area contributed by atoms with Crippen LogP contribution in [0, 0.1) is 6.92 Å². The summed E-state index contributed by atoms with van der Waals surface area (Å²) in [5.41, 5.74) is 2.37. The van der Waals surface area contributed by atoms with Gasteiger partial charge in [0.15, 0.2) is 0 Å². The van der Waals surface area contributed by atoms with Gasteiger partial charge in [-0.3, -0.25) is 0 Å². The summed E-state index contributed by atoms with van der Waals surface area (Å²) in [6, 6.07) is 2.02. The number of aryl methyl sites for hydroxylation is 1. The molecule has 0 saturated carbocycles. The number of nitrogens with one attached hydrogen (secondary N) is 2. The van der Waals surface area contributed by atoms with Crippen LogP contribution < -0.4 is 5.32 Å². The van der Waals surface area contributed by atoms with Crippen LogP contribution in [0.15, 0.2) is 44.2 Å². The third-order valence-electron chi connectivity index (χ3n) is 1.37. The first kappa shape index (κ1) is 20.8. The van der Waals surface area contributed by atoms with E-state index in [-0.39, 0.29) is 0 Å². The fraction of sp³-hybridized carbons (Fsp3) is 0.333. The lowest BCUT2D eigenvalue weighted by atomic mass is 10.3. The minimum atomic E-state index is 1.12. The molecule has 2 N–H and O–H groups in total. The van der Waals surface area contributed by atoms with E-state index >= 15 is 0 Å². The van der Waals surface area contributed by atoms with E-state index in [4.69, 9.17) is 0 Å². The highest BCUT2D eigenvalue weighted by molar-refractivity contribution is 5.46.